The molecule has 4 rings (SSSR count). The molecule has 1 fully saturated rings. The van der Waals surface area contributed by atoms with Gasteiger partial charge in [0.25, 0.3) is 0 Å². The number of aryl methyl sites for hydroxylation is 1. The zero-order chi connectivity index (χ0) is 18.1. The summed E-state index contributed by atoms with van der Waals surface area (Å²) in [7, 11) is 0. The molecule has 0 radical (unpaired) electrons. The fraction of sp³-hybridized carbons (Fsp3) is 0.400. The Hall–Kier alpha value is -2.39. The second-order valence-corrected chi connectivity index (χ2v) is 7.43. The molecule has 26 heavy (non-hydrogen) atoms. The monoisotopic (exact) mass is 367 g/mol. The van der Waals surface area contributed by atoms with Crippen molar-refractivity contribution in [3.63, 3.8) is 0 Å². The molecule has 0 unspecified atom stereocenters. The first-order chi connectivity index (χ1) is 12.8. The Balaban J connectivity index is 1.84. The van der Waals surface area contributed by atoms with Crippen molar-refractivity contribution in [3.05, 3.63) is 52.6 Å². The van der Waals surface area contributed by atoms with Crippen LogP contribution in [0, 0.1) is 6.57 Å². The molecule has 0 spiro atoms. The summed E-state index contributed by atoms with van der Waals surface area (Å²) in [5.41, 5.74) is 2.95. The molecule has 2 aliphatic rings. The Morgan fingerprint density at radius 1 is 1.31 bits per heavy atom. The Labute approximate surface area is 158 Å². The molecule has 0 bridgehead atoms. The smallest absolute Gasteiger partial charge is 0.325 e. The van der Waals surface area contributed by atoms with Crippen LogP contribution in [0.25, 0.3) is 21.6 Å². The SMILES string of the molecule is [C-]#[N+]c1ccc2c(c1)n(CC)c1[n+]2CCOC1=CC=C1SCCN1CC. The van der Waals surface area contributed by atoms with Crippen molar-refractivity contribution < 1.29 is 9.30 Å². The van der Waals surface area contributed by atoms with Gasteiger partial charge in [0.1, 0.15) is 13.2 Å². The van der Waals surface area contributed by atoms with Crippen LogP contribution >= 0.6 is 11.8 Å². The number of nitrogens with zero attached hydrogens (tertiary/aromatic N) is 4. The number of thioether (sulfide) groups is 1. The summed E-state index contributed by atoms with van der Waals surface area (Å²) in [5.74, 6) is 3.16. The minimum absolute atomic E-state index is 0.671. The number of rotatable bonds is 3. The Kier molecular flexibility index (Phi) is 4.64. The van der Waals surface area contributed by atoms with Crippen LogP contribution in [-0.4, -0.2) is 34.9 Å². The first-order valence-corrected chi connectivity index (χ1v) is 10.1. The van der Waals surface area contributed by atoms with Gasteiger partial charge in [0.05, 0.1) is 18.1 Å². The zero-order valence-electron chi connectivity index (χ0n) is 15.2. The summed E-state index contributed by atoms with van der Waals surface area (Å²) in [6, 6.07) is 5.95. The first kappa shape index (κ1) is 17.0. The van der Waals surface area contributed by atoms with E-state index in [9.17, 15) is 0 Å². The van der Waals surface area contributed by atoms with Crippen LogP contribution in [0.15, 0.2) is 35.4 Å². The van der Waals surface area contributed by atoms with Crippen LogP contribution in [0.1, 0.15) is 19.7 Å². The minimum atomic E-state index is 0.671. The summed E-state index contributed by atoms with van der Waals surface area (Å²) in [5, 5.41) is 1.31. The number of imidazole rings is 1. The van der Waals surface area contributed by atoms with Crippen molar-refractivity contribution in [2.75, 3.05) is 25.4 Å². The third kappa shape index (κ3) is 2.77. The quantitative estimate of drug-likeness (QED) is 0.610. The van der Waals surface area contributed by atoms with Crippen molar-refractivity contribution in [1.29, 1.82) is 0 Å². The highest BCUT2D eigenvalue weighted by Crippen LogP contribution is 2.30. The summed E-state index contributed by atoms with van der Waals surface area (Å²) in [6.45, 7) is 16.1. The summed E-state index contributed by atoms with van der Waals surface area (Å²) >= 11 is 1.90. The molecule has 1 aromatic carbocycles. The molecule has 2 aliphatic heterocycles. The molecule has 3 heterocycles. The Morgan fingerprint density at radius 2 is 2.19 bits per heavy atom. The maximum absolute atomic E-state index is 7.31. The highest BCUT2D eigenvalue weighted by Gasteiger charge is 2.31. The van der Waals surface area contributed by atoms with Crippen molar-refractivity contribution in [1.82, 2.24) is 9.47 Å². The standard InChI is InChI=1S/C20H23N4OS/c1-4-22-11-13-26-19(22)9-8-18-20-23(5-2)17-14-15(21-3)6-7-16(17)24(20)10-12-25-18/h6-9,14H,4-5,10-13H2,1-2H3/q+1. The molecular formula is C20H23N4OS+. The fourth-order valence-corrected chi connectivity index (χ4v) is 4.81. The van der Waals surface area contributed by atoms with E-state index in [0.29, 0.717) is 12.3 Å². The number of allylic oxidation sites excluding steroid dienone is 2. The van der Waals surface area contributed by atoms with E-state index in [0.717, 1.165) is 49.0 Å². The van der Waals surface area contributed by atoms with Crippen LogP contribution < -0.4 is 4.57 Å². The topological polar surface area (TPSA) is 25.6 Å². The maximum Gasteiger partial charge on any atom is 0.325 e. The van der Waals surface area contributed by atoms with Gasteiger partial charge in [0.15, 0.2) is 16.7 Å². The zero-order valence-corrected chi connectivity index (χ0v) is 16.1. The van der Waals surface area contributed by atoms with Gasteiger partial charge in [-0.15, -0.1) is 11.8 Å². The van der Waals surface area contributed by atoms with Gasteiger partial charge < -0.3 is 9.64 Å². The van der Waals surface area contributed by atoms with E-state index in [1.165, 1.54) is 10.5 Å². The number of benzene rings is 1. The molecule has 0 saturated carbocycles. The second kappa shape index (κ2) is 7.08. The van der Waals surface area contributed by atoms with Gasteiger partial charge in [-0.25, -0.2) is 14.0 Å². The van der Waals surface area contributed by atoms with Gasteiger partial charge in [0, 0.05) is 18.8 Å². The lowest BCUT2D eigenvalue weighted by Gasteiger charge is -2.16. The largest absolute Gasteiger partial charge is 0.482 e. The predicted octanol–water partition coefficient (Wildman–Crippen LogP) is 3.78. The van der Waals surface area contributed by atoms with Crippen molar-refractivity contribution in [2.24, 2.45) is 0 Å². The molecule has 5 nitrogen and oxygen atoms in total. The summed E-state index contributed by atoms with van der Waals surface area (Å²) in [6.07, 6.45) is 4.30. The molecule has 0 amide bonds. The number of fused-ring (bicyclic) bond motifs is 3. The average Bonchev–Trinajstić information content (AvgIpc) is 3.27. The molecule has 0 atom stereocenters. The minimum Gasteiger partial charge on any atom is -0.482 e. The predicted molar refractivity (Wildman–Crippen MR) is 106 cm³/mol. The van der Waals surface area contributed by atoms with E-state index >= 15 is 0 Å². The van der Waals surface area contributed by atoms with E-state index in [1.54, 1.807) is 0 Å². The van der Waals surface area contributed by atoms with E-state index in [-0.39, 0.29) is 0 Å². The van der Waals surface area contributed by atoms with Gasteiger partial charge in [-0.1, -0.05) is 6.07 Å². The molecular weight excluding hydrogens is 344 g/mol. The van der Waals surface area contributed by atoms with E-state index in [2.05, 4.69) is 50.9 Å². The fourth-order valence-electron chi connectivity index (χ4n) is 3.72. The molecule has 1 aromatic heterocycles. The molecule has 0 aliphatic carbocycles. The molecule has 1 saturated heterocycles. The van der Waals surface area contributed by atoms with E-state index in [4.69, 9.17) is 11.3 Å². The summed E-state index contributed by atoms with van der Waals surface area (Å²) < 4.78 is 10.6. The highest BCUT2D eigenvalue weighted by molar-refractivity contribution is 8.03. The number of aromatic nitrogens is 2. The normalized spacial score (nSPS) is 19.8. The van der Waals surface area contributed by atoms with Gasteiger partial charge >= 0.3 is 5.82 Å². The third-order valence-corrected chi connectivity index (χ3v) is 6.05. The number of ether oxygens (including phenoxy) is 1. The van der Waals surface area contributed by atoms with Gasteiger partial charge in [-0.05, 0) is 38.1 Å². The van der Waals surface area contributed by atoms with Crippen molar-refractivity contribution in [2.45, 2.75) is 26.9 Å². The average molecular weight is 367 g/mol. The van der Waals surface area contributed by atoms with Crippen molar-refractivity contribution >= 4 is 34.2 Å². The van der Waals surface area contributed by atoms with Crippen LogP contribution in [0.4, 0.5) is 5.69 Å². The molecule has 134 valence electrons. The van der Waals surface area contributed by atoms with E-state index < -0.39 is 0 Å². The Bertz CT molecular complexity index is 951. The van der Waals surface area contributed by atoms with E-state index in [1.807, 2.05) is 23.9 Å². The van der Waals surface area contributed by atoms with Gasteiger partial charge in [-0.2, -0.15) is 0 Å². The maximum atomic E-state index is 7.31. The summed E-state index contributed by atoms with van der Waals surface area (Å²) in [4.78, 5) is 5.99. The van der Waals surface area contributed by atoms with Crippen LogP contribution in [0.2, 0.25) is 0 Å². The lowest BCUT2D eigenvalue weighted by molar-refractivity contribution is -0.682. The molecule has 2 aromatic rings. The van der Waals surface area contributed by atoms with Crippen LogP contribution in [0.3, 0.4) is 0 Å². The lowest BCUT2D eigenvalue weighted by Crippen LogP contribution is -2.43. The Morgan fingerprint density at radius 3 is 2.96 bits per heavy atom. The third-order valence-electron chi connectivity index (χ3n) is 4.97. The highest BCUT2D eigenvalue weighted by atomic mass is 32.2. The number of hydrogen-bond acceptors (Lipinski definition) is 3. The second-order valence-electron chi connectivity index (χ2n) is 6.32. The van der Waals surface area contributed by atoms with Crippen LogP contribution in [-0.2, 0) is 17.8 Å². The molecule has 0 N–H and O–H groups in total. The number of hydrogen-bond donors (Lipinski definition) is 0. The molecule has 6 heteroatoms. The first-order valence-electron chi connectivity index (χ1n) is 9.13. The van der Waals surface area contributed by atoms with Gasteiger partial charge in [-0.3, -0.25) is 0 Å². The van der Waals surface area contributed by atoms with Crippen LogP contribution in [0.5, 0.6) is 0 Å². The lowest BCUT2D eigenvalue weighted by atomic mass is 10.2. The van der Waals surface area contributed by atoms with Gasteiger partial charge in [0.2, 0.25) is 5.76 Å². The van der Waals surface area contributed by atoms with Crippen molar-refractivity contribution in [3.8, 4) is 0 Å².